The Morgan fingerprint density at radius 2 is 1.75 bits per heavy atom. The Balaban J connectivity index is 2.05. The highest BCUT2D eigenvalue weighted by atomic mass is 16.4. The van der Waals surface area contributed by atoms with Gasteiger partial charge >= 0.3 is 0 Å². The number of ketones is 2. The number of Topliss-reactive ketones (excluding diaryl/α,β-unsaturated/α-hetero) is 2. The number of aromatic hydroxyl groups is 1. The molecule has 4 rings (SSSR count). The third-order valence-corrected chi connectivity index (χ3v) is 7.42. The molecule has 36 heavy (non-hydrogen) atoms. The van der Waals surface area contributed by atoms with Crippen LogP contribution < -0.4 is 11.1 Å². The van der Waals surface area contributed by atoms with E-state index in [1.54, 1.807) is 6.92 Å². The number of carbonyl (C=O) groups excluding carboxylic acids is 4. The van der Waals surface area contributed by atoms with E-state index in [1.807, 2.05) is 0 Å². The number of nitrogens with zero attached hydrogens (tertiary/aromatic N) is 1. The largest absolute Gasteiger partial charge is 0.510 e. The predicted molar refractivity (Wildman–Crippen MR) is 124 cm³/mol. The number of aliphatic hydroxyl groups is 4. The zero-order valence-corrected chi connectivity index (χ0v) is 19.9. The van der Waals surface area contributed by atoms with Crippen LogP contribution in [-0.4, -0.2) is 85.7 Å². The summed E-state index contributed by atoms with van der Waals surface area (Å²) >= 11 is 0. The van der Waals surface area contributed by atoms with Gasteiger partial charge < -0.3 is 36.6 Å². The Bertz CT molecular complexity index is 1300. The predicted octanol–water partition coefficient (Wildman–Crippen LogP) is -0.389. The van der Waals surface area contributed by atoms with E-state index in [-0.39, 0.29) is 16.8 Å². The fraction of sp³-hybridized carbons (Fsp3) is 0.417. The van der Waals surface area contributed by atoms with Crippen molar-refractivity contribution in [3.63, 3.8) is 0 Å². The fourth-order valence-electron chi connectivity index (χ4n) is 6.00. The number of amides is 2. The average Bonchev–Trinajstić information content (AvgIpc) is 2.76. The maximum atomic E-state index is 13.6. The number of anilines is 1. The molecule has 0 aromatic heterocycles. The Morgan fingerprint density at radius 3 is 2.28 bits per heavy atom. The number of hydrogen-bond donors (Lipinski definition) is 7. The molecule has 0 heterocycles. The summed E-state index contributed by atoms with van der Waals surface area (Å²) in [7, 11) is 2.91. The lowest BCUT2D eigenvalue weighted by Crippen LogP contribution is -2.68. The van der Waals surface area contributed by atoms with Crippen molar-refractivity contribution in [3.8, 4) is 5.75 Å². The van der Waals surface area contributed by atoms with Gasteiger partial charge in [-0.1, -0.05) is 6.92 Å². The first kappa shape index (κ1) is 25.4. The quantitative estimate of drug-likeness (QED) is 0.211. The zero-order valence-electron chi connectivity index (χ0n) is 19.9. The highest BCUT2D eigenvalue weighted by Gasteiger charge is 2.67. The highest BCUT2D eigenvalue weighted by Crippen LogP contribution is 2.56. The maximum absolute atomic E-state index is 13.6. The van der Waals surface area contributed by atoms with Gasteiger partial charge in [0.25, 0.3) is 5.91 Å². The maximum Gasteiger partial charge on any atom is 0.255 e. The first-order valence-electron chi connectivity index (χ1n) is 11.1. The second kappa shape index (κ2) is 8.15. The lowest BCUT2D eigenvalue weighted by molar-refractivity contribution is -0.162. The summed E-state index contributed by atoms with van der Waals surface area (Å²) in [6.07, 6.45) is -1.71. The fourth-order valence-corrected chi connectivity index (χ4v) is 6.00. The smallest absolute Gasteiger partial charge is 0.255 e. The van der Waals surface area contributed by atoms with E-state index in [1.165, 1.54) is 38.1 Å². The lowest BCUT2D eigenvalue weighted by atomic mass is 9.55. The highest BCUT2D eigenvalue weighted by molar-refractivity contribution is 6.25. The van der Waals surface area contributed by atoms with Crippen LogP contribution in [0.25, 0.3) is 0 Å². The Labute approximate surface area is 205 Å². The first-order valence-corrected chi connectivity index (χ1v) is 11.1. The van der Waals surface area contributed by atoms with Gasteiger partial charge in [0, 0.05) is 24.1 Å². The van der Waals surface area contributed by atoms with Crippen LogP contribution in [0, 0.1) is 11.8 Å². The van der Waals surface area contributed by atoms with Crippen LogP contribution in [0.2, 0.25) is 0 Å². The van der Waals surface area contributed by atoms with Crippen molar-refractivity contribution in [2.24, 2.45) is 17.6 Å². The molecule has 1 aromatic carbocycles. The van der Waals surface area contributed by atoms with Crippen LogP contribution in [0.5, 0.6) is 5.75 Å². The molecule has 0 unspecified atom stereocenters. The van der Waals surface area contributed by atoms with Crippen molar-refractivity contribution in [2.45, 2.75) is 37.5 Å². The summed E-state index contributed by atoms with van der Waals surface area (Å²) < 4.78 is 0. The minimum Gasteiger partial charge on any atom is -0.510 e. The van der Waals surface area contributed by atoms with Gasteiger partial charge in [-0.3, -0.25) is 24.1 Å². The number of nitrogens with two attached hydrogens (primary N) is 1. The molecule has 0 saturated heterocycles. The van der Waals surface area contributed by atoms with E-state index < -0.39 is 87.3 Å². The first-order chi connectivity index (χ1) is 16.7. The van der Waals surface area contributed by atoms with Crippen molar-refractivity contribution in [1.82, 2.24) is 4.90 Å². The molecule has 0 radical (unpaired) electrons. The van der Waals surface area contributed by atoms with Gasteiger partial charge in [-0.05, 0) is 37.7 Å². The molecule has 12 nitrogen and oxygen atoms in total. The number of fused-ring (bicyclic) bond motifs is 3. The summed E-state index contributed by atoms with van der Waals surface area (Å²) in [5.74, 6) is -10.3. The van der Waals surface area contributed by atoms with Gasteiger partial charge in [0.15, 0.2) is 11.4 Å². The molecule has 0 fully saturated rings. The molecule has 1 aromatic rings. The summed E-state index contributed by atoms with van der Waals surface area (Å²) in [4.78, 5) is 52.1. The van der Waals surface area contributed by atoms with Crippen molar-refractivity contribution in [2.75, 3.05) is 19.4 Å². The second-order valence-electron chi connectivity index (χ2n) is 9.65. The number of benzene rings is 1. The standard InChI is InChI=1S/C24H27N3O9/c1-7-11-9(26-8(2)28)5-6-10(29)13(11)18(30)14-12(7)19(31)16-17(27(3)4)20(32)15(23(25)35)22(34)24(16,36)21(14)33/h5-7,12,16-17,19,29,31-33,36H,1-4H3,(H2,25,35)(H,26,28)/t7-,12+,16-,17-,19+,24+/m1/s1. The summed E-state index contributed by atoms with van der Waals surface area (Å²) in [5.41, 5.74) is 0.951. The average molecular weight is 501 g/mol. The molecular formula is C24H27N3O9. The number of carbonyl (C=O) groups is 4. The molecule has 0 aliphatic heterocycles. The SMILES string of the molecule is CC(=O)Nc1ccc(O)c2c1[C@@H](C)[C@H]1C(=C(O)[C@]3(O)C(=O)C(C(N)=O)=C(O)[C@H](N(C)C)[C@@H]3[C@H]1O)C2=O. The lowest BCUT2D eigenvalue weighted by Gasteiger charge is -2.53. The number of nitrogens with one attached hydrogen (secondary N) is 1. The van der Waals surface area contributed by atoms with Crippen LogP contribution in [0.1, 0.15) is 35.7 Å². The third kappa shape index (κ3) is 3.11. The van der Waals surface area contributed by atoms with Crippen molar-refractivity contribution in [3.05, 3.63) is 45.9 Å². The number of hydrogen-bond acceptors (Lipinski definition) is 10. The van der Waals surface area contributed by atoms with Crippen LogP contribution in [-0.2, 0) is 14.4 Å². The number of likely N-dealkylation sites (N-methyl/N-ethyl adjacent to an activating group) is 1. The molecule has 0 spiro atoms. The van der Waals surface area contributed by atoms with Crippen molar-refractivity contribution >= 4 is 29.1 Å². The van der Waals surface area contributed by atoms with Gasteiger partial charge in [-0.25, -0.2) is 0 Å². The Morgan fingerprint density at radius 1 is 1.14 bits per heavy atom. The van der Waals surface area contributed by atoms with Crippen LogP contribution in [0.15, 0.2) is 34.8 Å². The van der Waals surface area contributed by atoms with Gasteiger partial charge in [-0.15, -0.1) is 0 Å². The number of phenols is 1. The zero-order chi connectivity index (χ0) is 27.0. The number of primary amides is 1. The van der Waals surface area contributed by atoms with Crippen LogP contribution in [0.3, 0.4) is 0 Å². The van der Waals surface area contributed by atoms with Gasteiger partial charge in [-0.2, -0.15) is 0 Å². The number of aliphatic hydroxyl groups excluding tert-OH is 3. The topological polar surface area (TPSA) is 211 Å². The van der Waals surface area contributed by atoms with Crippen LogP contribution in [0.4, 0.5) is 5.69 Å². The summed E-state index contributed by atoms with van der Waals surface area (Å²) in [5, 5.41) is 58.4. The third-order valence-electron chi connectivity index (χ3n) is 7.42. The molecule has 0 bridgehead atoms. The van der Waals surface area contributed by atoms with E-state index in [9.17, 15) is 44.7 Å². The second-order valence-corrected chi connectivity index (χ2v) is 9.65. The van der Waals surface area contributed by atoms with E-state index in [2.05, 4.69) is 5.32 Å². The summed E-state index contributed by atoms with van der Waals surface area (Å²) in [6, 6.07) is 1.21. The number of rotatable bonds is 3. The van der Waals surface area contributed by atoms with E-state index >= 15 is 0 Å². The van der Waals surface area contributed by atoms with Gasteiger partial charge in [0.1, 0.15) is 22.8 Å². The molecule has 12 heteroatoms. The van der Waals surface area contributed by atoms with E-state index in [0.717, 1.165) is 0 Å². The van der Waals surface area contributed by atoms with Crippen molar-refractivity contribution in [1.29, 1.82) is 0 Å². The minimum absolute atomic E-state index is 0.197. The molecule has 2 amide bonds. The van der Waals surface area contributed by atoms with Gasteiger partial charge in [0.2, 0.25) is 11.7 Å². The molecule has 3 aliphatic rings. The molecule has 192 valence electrons. The molecule has 0 saturated carbocycles. The van der Waals surface area contributed by atoms with E-state index in [4.69, 9.17) is 5.73 Å². The molecule has 8 N–H and O–H groups in total. The van der Waals surface area contributed by atoms with Gasteiger partial charge in [0.05, 0.1) is 23.6 Å². The molecule has 6 atom stereocenters. The van der Waals surface area contributed by atoms with Crippen LogP contribution >= 0.6 is 0 Å². The Hall–Kier alpha value is -3.74. The normalized spacial score (nSPS) is 31.7. The Kier molecular flexibility index (Phi) is 5.74. The molecule has 3 aliphatic carbocycles. The minimum atomic E-state index is -2.98. The number of phenolic OH excluding ortho intramolecular Hbond substituents is 1. The van der Waals surface area contributed by atoms with Crippen molar-refractivity contribution < 1.29 is 44.7 Å². The molecular weight excluding hydrogens is 474 g/mol. The summed E-state index contributed by atoms with van der Waals surface area (Å²) in [6.45, 7) is 2.84. The van der Waals surface area contributed by atoms with E-state index in [0.29, 0.717) is 0 Å². The monoisotopic (exact) mass is 501 g/mol.